The third-order valence-electron chi connectivity index (χ3n) is 1.99. The number of hydrogen-bond donors (Lipinski definition) is 1. The van der Waals surface area contributed by atoms with Crippen molar-refractivity contribution >= 4 is 31.7 Å². The molecule has 1 rings (SSSR count). The summed E-state index contributed by atoms with van der Waals surface area (Å²) in [5, 5.41) is 3.78. The van der Waals surface area contributed by atoms with Crippen molar-refractivity contribution in [2.75, 3.05) is 0 Å². The lowest BCUT2D eigenvalue weighted by molar-refractivity contribution is 0.584. The van der Waals surface area contributed by atoms with Crippen LogP contribution in [0.1, 0.15) is 20.3 Å². The molecular formula is C10H13BrN2O2S. The Kier molecular flexibility index (Phi) is 4.49. The van der Waals surface area contributed by atoms with E-state index in [9.17, 15) is 8.42 Å². The van der Waals surface area contributed by atoms with Gasteiger partial charge in [0.1, 0.15) is 0 Å². The van der Waals surface area contributed by atoms with E-state index in [2.05, 4.69) is 25.9 Å². The monoisotopic (exact) mass is 304 g/mol. The second kappa shape index (κ2) is 5.45. The Balaban J connectivity index is 2.91. The summed E-state index contributed by atoms with van der Waals surface area (Å²) in [6, 6.07) is 6.38. The van der Waals surface area contributed by atoms with Crippen molar-refractivity contribution in [2.45, 2.75) is 25.2 Å². The molecule has 0 unspecified atom stereocenters. The summed E-state index contributed by atoms with van der Waals surface area (Å²) in [4.78, 5) is 2.39. The number of nitrogens with one attached hydrogen (secondary N) is 1. The SMILES string of the molecule is CC/C(C)=N\NS(=O)(=O)c1ccc(Br)cc1. The normalized spacial score (nSPS) is 12.6. The Labute approximate surface area is 104 Å². The maximum absolute atomic E-state index is 11.7. The third-order valence-corrected chi connectivity index (χ3v) is 3.75. The van der Waals surface area contributed by atoms with Gasteiger partial charge in [0.15, 0.2) is 0 Å². The highest BCUT2D eigenvalue weighted by Gasteiger charge is 2.12. The van der Waals surface area contributed by atoms with E-state index in [1.807, 2.05) is 6.92 Å². The molecule has 0 amide bonds. The first-order valence-electron chi connectivity index (χ1n) is 4.76. The molecule has 88 valence electrons. The molecule has 6 heteroatoms. The predicted octanol–water partition coefficient (Wildman–Crippen LogP) is 2.51. The summed E-state index contributed by atoms with van der Waals surface area (Å²) in [6.07, 6.45) is 0.711. The van der Waals surface area contributed by atoms with E-state index in [-0.39, 0.29) is 4.90 Å². The van der Waals surface area contributed by atoms with E-state index in [1.54, 1.807) is 19.1 Å². The van der Waals surface area contributed by atoms with Crippen molar-refractivity contribution < 1.29 is 8.42 Å². The summed E-state index contributed by atoms with van der Waals surface area (Å²) in [5.74, 6) is 0. The molecule has 0 heterocycles. The second-order valence-electron chi connectivity index (χ2n) is 3.25. The fourth-order valence-electron chi connectivity index (χ4n) is 0.884. The average Bonchev–Trinajstić information content (AvgIpc) is 2.26. The van der Waals surface area contributed by atoms with Gasteiger partial charge in [0.25, 0.3) is 10.0 Å². The van der Waals surface area contributed by atoms with E-state index >= 15 is 0 Å². The smallest absolute Gasteiger partial charge is 0.200 e. The standard InChI is InChI=1S/C10H13BrN2O2S/c1-3-8(2)12-13-16(14,15)10-6-4-9(11)5-7-10/h4-7,13H,3H2,1-2H3/b12-8-. The Hall–Kier alpha value is -0.880. The van der Waals surface area contributed by atoms with Crippen molar-refractivity contribution in [1.29, 1.82) is 0 Å². The Morgan fingerprint density at radius 3 is 2.44 bits per heavy atom. The molecule has 0 fully saturated rings. The van der Waals surface area contributed by atoms with Gasteiger partial charge in [-0.3, -0.25) is 0 Å². The topological polar surface area (TPSA) is 58.5 Å². The van der Waals surface area contributed by atoms with Gasteiger partial charge in [-0.05, 0) is 37.6 Å². The summed E-state index contributed by atoms with van der Waals surface area (Å²) in [6.45, 7) is 3.68. The minimum atomic E-state index is -3.54. The minimum absolute atomic E-state index is 0.198. The molecule has 0 aliphatic heterocycles. The molecule has 0 spiro atoms. The zero-order valence-corrected chi connectivity index (χ0v) is 11.5. The molecule has 0 radical (unpaired) electrons. The maximum atomic E-state index is 11.7. The van der Waals surface area contributed by atoms with E-state index < -0.39 is 10.0 Å². The maximum Gasteiger partial charge on any atom is 0.276 e. The number of hydrazone groups is 1. The molecule has 0 aromatic heterocycles. The lowest BCUT2D eigenvalue weighted by atomic mass is 10.3. The first kappa shape index (κ1) is 13.2. The van der Waals surface area contributed by atoms with Gasteiger partial charge < -0.3 is 0 Å². The van der Waals surface area contributed by atoms with Crippen LogP contribution in [0, 0.1) is 0 Å². The molecule has 0 saturated heterocycles. The van der Waals surface area contributed by atoms with Crippen LogP contribution in [0.15, 0.2) is 38.7 Å². The number of nitrogens with zero attached hydrogens (tertiary/aromatic N) is 1. The van der Waals surface area contributed by atoms with Crippen LogP contribution in [0.5, 0.6) is 0 Å². The number of halogens is 1. The average molecular weight is 305 g/mol. The lowest BCUT2D eigenvalue weighted by Gasteiger charge is -2.04. The van der Waals surface area contributed by atoms with E-state index in [0.717, 1.165) is 10.2 Å². The van der Waals surface area contributed by atoms with Crippen LogP contribution in [0.4, 0.5) is 0 Å². The first-order chi connectivity index (χ1) is 7.45. The Bertz CT molecular complexity index is 480. The number of sulfonamides is 1. The molecule has 0 aliphatic rings. The first-order valence-corrected chi connectivity index (χ1v) is 7.04. The van der Waals surface area contributed by atoms with Gasteiger partial charge in [0.05, 0.1) is 4.90 Å². The molecule has 0 saturated carbocycles. The van der Waals surface area contributed by atoms with Crippen molar-refractivity contribution in [3.05, 3.63) is 28.7 Å². The molecule has 1 N–H and O–H groups in total. The van der Waals surface area contributed by atoms with Gasteiger partial charge in [-0.1, -0.05) is 22.9 Å². The van der Waals surface area contributed by atoms with Crippen LogP contribution in [-0.4, -0.2) is 14.1 Å². The van der Waals surface area contributed by atoms with Crippen LogP contribution >= 0.6 is 15.9 Å². The molecule has 16 heavy (non-hydrogen) atoms. The molecule has 0 atom stereocenters. The van der Waals surface area contributed by atoms with Gasteiger partial charge in [-0.2, -0.15) is 13.5 Å². The highest BCUT2D eigenvalue weighted by atomic mass is 79.9. The van der Waals surface area contributed by atoms with Gasteiger partial charge in [-0.15, -0.1) is 0 Å². The van der Waals surface area contributed by atoms with Crippen LogP contribution < -0.4 is 4.83 Å². The Morgan fingerprint density at radius 1 is 1.38 bits per heavy atom. The third kappa shape index (κ3) is 3.61. The van der Waals surface area contributed by atoms with Gasteiger partial charge in [0.2, 0.25) is 0 Å². The van der Waals surface area contributed by atoms with Crippen molar-refractivity contribution in [2.24, 2.45) is 5.10 Å². The highest BCUT2D eigenvalue weighted by molar-refractivity contribution is 9.10. The van der Waals surface area contributed by atoms with Gasteiger partial charge in [-0.25, -0.2) is 4.83 Å². The van der Waals surface area contributed by atoms with Crippen molar-refractivity contribution in [3.63, 3.8) is 0 Å². The Morgan fingerprint density at radius 2 is 1.94 bits per heavy atom. The van der Waals surface area contributed by atoms with Crippen LogP contribution in [0.25, 0.3) is 0 Å². The second-order valence-corrected chi connectivity index (χ2v) is 5.83. The zero-order chi connectivity index (χ0) is 12.2. The van der Waals surface area contributed by atoms with Gasteiger partial charge in [0, 0.05) is 10.2 Å². The molecule has 1 aromatic rings. The fraction of sp³-hybridized carbons (Fsp3) is 0.300. The quantitative estimate of drug-likeness (QED) is 0.686. The summed E-state index contributed by atoms with van der Waals surface area (Å²) in [5.41, 5.74) is 0.737. The predicted molar refractivity (Wildman–Crippen MR) is 67.9 cm³/mol. The van der Waals surface area contributed by atoms with Crippen LogP contribution in [0.2, 0.25) is 0 Å². The van der Waals surface area contributed by atoms with Crippen molar-refractivity contribution in [1.82, 2.24) is 4.83 Å². The summed E-state index contributed by atoms with van der Waals surface area (Å²) >= 11 is 3.24. The number of benzene rings is 1. The number of hydrogen-bond acceptors (Lipinski definition) is 3. The zero-order valence-electron chi connectivity index (χ0n) is 9.07. The van der Waals surface area contributed by atoms with E-state index in [4.69, 9.17) is 0 Å². The molecular weight excluding hydrogens is 292 g/mol. The molecule has 0 bridgehead atoms. The lowest BCUT2D eigenvalue weighted by Crippen LogP contribution is -2.19. The minimum Gasteiger partial charge on any atom is -0.200 e. The van der Waals surface area contributed by atoms with E-state index in [0.29, 0.717) is 6.42 Å². The molecule has 0 aliphatic carbocycles. The summed E-state index contributed by atoms with van der Waals surface area (Å²) < 4.78 is 24.3. The highest BCUT2D eigenvalue weighted by Crippen LogP contribution is 2.14. The van der Waals surface area contributed by atoms with Crippen LogP contribution in [0.3, 0.4) is 0 Å². The largest absolute Gasteiger partial charge is 0.276 e. The summed E-state index contributed by atoms with van der Waals surface area (Å²) in [7, 11) is -3.54. The molecule has 1 aromatic carbocycles. The number of rotatable bonds is 4. The van der Waals surface area contributed by atoms with Gasteiger partial charge >= 0.3 is 0 Å². The van der Waals surface area contributed by atoms with E-state index in [1.165, 1.54) is 12.1 Å². The molecule has 4 nitrogen and oxygen atoms in total. The van der Waals surface area contributed by atoms with Crippen LogP contribution in [-0.2, 0) is 10.0 Å². The fourth-order valence-corrected chi connectivity index (χ4v) is 2.02. The van der Waals surface area contributed by atoms with Crippen molar-refractivity contribution in [3.8, 4) is 0 Å².